The van der Waals surface area contributed by atoms with E-state index in [1.165, 1.54) is 29.2 Å². The highest BCUT2D eigenvalue weighted by Crippen LogP contribution is 2.20. The summed E-state index contributed by atoms with van der Waals surface area (Å²) < 4.78 is 0. The summed E-state index contributed by atoms with van der Waals surface area (Å²) in [7, 11) is 0. The molecule has 0 radical (unpaired) electrons. The van der Waals surface area contributed by atoms with E-state index in [2.05, 4.69) is 45.9 Å². The zero-order valence-corrected chi connectivity index (χ0v) is 15.6. The lowest BCUT2D eigenvalue weighted by Gasteiger charge is -2.35. The van der Waals surface area contributed by atoms with E-state index in [9.17, 15) is 9.59 Å². The van der Waals surface area contributed by atoms with E-state index in [-0.39, 0.29) is 24.3 Å². The van der Waals surface area contributed by atoms with Crippen molar-refractivity contribution in [2.24, 2.45) is 0 Å². The Morgan fingerprint density at radius 1 is 1.11 bits per heavy atom. The molecule has 1 saturated heterocycles. The number of carbonyl (C=O) groups excluding carboxylic acids is 2. The number of benzene rings is 2. The maximum absolute atomic E-state index is 12.5. The van der Waals surface area contributed by atoms with Crippen molar-refractivity contribution in [3.63, 3.8) is 0 Å². The summed E-state index contributed by atoms with van der Waals surface area (Å²) in [4.78, 5) is 27.1. The first-order valence-corrected chi connectivity index (χ1v) is 9.98. The van der Waals surface area contributed by atoms with E-state index in [4.69, 9.17) is 0 Å². The van der Waals surface area contributed by atoms with Crippen molar-refractivity contribution in [3.05, 3.63) is 48.0 Å². The molecule has 5 heteroatoms. The predicted molar refractivity (Wildman–Crippen MR) is 106 cm³/mol. The second-order valence-electron chi connectivity index (χ2n) is 7.71. The maximum Gasteiger partial charge on any atom is 0.237 e. The Morgan fingerprint density at radius 2 is 1.89 bits per heavy atom. The van der Waals surface area contributed by atoms with Gasteiger partial charge in [0.15, 0.2) is 0 Å². The third-order valence-corrected chi connectivity index (χ3v) is 5.74. The van der Waals surface area contributed by atoms with Gasteiger partial charge in [-0.15, -0.1) is 0 Å². The average Bonchev–Trinajstić information content (AvgIpc) is 3.17. The molecule has 2 aromatic rings. The highest BCUT2D eigenvalue weighted by molar-refractivity contribution is 5.89. The van der Waals surface area contributed by atoms with Gasteiger partial charge in [0.05, 0.1) is 12.5 Å². The van der Waals surface area contributed by atoms with Crippen LogP contribution in [0.25, 0.3) is 10.8 Å². The topological polar surface area (TPSA) is 61.4 Å². The highest BCUT2D eigenvalue weighted by atomic mass is 16.2. The van der Waals surface area contributed by atoms with Crippen LogP contribution in [0.5, 0.6) is 0 Å². The number of amides is 2. The Hall–Kier alpha value is -2.40. The van der Waals surface area contributed by atoms with Crippen LogP contribution < -0.4 is 10.6 Å². The van der Waals surface area contributed by atoms with Crippen LogP contribution in [0.15, 0.2) is 42.5 Å². The molecule has 0 bridgehead atoms. The standard InChI is InChI=1S/C22H27N3O2/c26-21(24-19-7-3-4-8-19)14-20-22(27)23-11-12-25(20)15-16-9-10-17-5-1-2-6-18(17)13-16/h1-2,5-6,9-10,13,19-20H,3-4,7-8,11-12,14-15H2,(H,23,27)(H,24,26)/t20-/m0/s1. The number of nitrogens with one attached hydrogen (secondary N) is 2. The van der Waals surface area contributed by atoms with E-state index in [1.54, 1.807) is 0 Å². The van der Waals surface area contributed by atoms with Crippen LogP contribution in [0, 0.1) is 0 Å². The molecule has 0 unspecified atom stereocenters. The molecule has 1 heterocycles. The Labute approximate surface area is 160 Å². The van der Waals surface area contributed by atoms with Gasteiger partial charge in [-0.05, 0) is 35.2 Å². The van der Waals surface area contributed by atoms with Gasteiger partial charge in [-0.1, -0.05) is 49.2 Å². The van der Waals surface area contributed by atoms with E-state index in [1.807, 2.05) is 12.1 Å². The normalized spacial score (nSPS) is 21.3. The van der Waals surface area contributed by atoms with Crippen molar-refractivity contribution in [1.29, 1.82) is 0 Å². The van der Waals surface area contributed by atoms with Crippen molar-refractivity contribution in [2.45, 2.75) is 50.7 Å². The summed E-state index contributed by atoms with van der Waals surface area (Å²) in [6.45, 7) is 2.08. The lowest BCUT2D eigenvalue weighted by molar-refractivity contribution is -0.134. The number of carbonyl (C=O) groups is 2. The molecule has 2 fully saturated rings. The highest BCUT2D eigenvalue weighted by Gasteiger charge is 2.32. The second kappa shape index (κ2) is 8.09. The number of fused-ring (bicyclic) bond motifs is 1. The minimum atomic E-state index is -0.397. The second-order valence-corrected chi connectivity index (χ2v) is 7.71. The fraction of sp³-hybridized carbons (Fsp3) is 0.455. The lowest BCUT2D eigenvalue weighted by atomic mass is 10.0. The van der Waals surface area contributed by atoms with Gasteiger partial charge in [-0.3, -0.25) is 14.5 Å². The molecule has 2 aliphatic rings. The maximum atomic E-state index is 12.5. The number of hydrogen-bond acceptors (Lipinski definition) is 3. The van der Waals surface area contributed by atoms with Gasteiger partial charge in [-0.2, -0.15) is 0 Å². The van der Waals surface area contributed by atoms with Crippen LogP contribution in [-0.4, -0.2) is 41.9 Å². The van der Waals surface area contributed by atoms with Crippen LogP contribution in [0.2, 0.25) is 0 Å². The van der Waals surface area contributed by atoms with E-state index in [0.717, 1.165) is 19.4 Å². The quantitative estimate of drug-likeness (QED) is 0.856. The first kappa shape index (κ1) is 18.0. The van der Waals surface area contributed by atoms with Gasteiger partial charge in [0.25, 0.3) is 0 Å². The Balaban J connectivity index is 1.45. The number of nitrogens with zero attached hydrogens (tertiary/aromatic N) is 1. The Bertz CT molecular complexity index is 829. The Morgan fingerprint density at radius 3 is 2.70 bits per heavy atom. The summed E-state index contributed by atoms with van der Waals surface area (Å²) in [5.41, 5.74) is 1.17. The van der Waals surface area contributed by atoms with Gasteiger partial charge in [0, 0.05) is 25.7 Å². The lowest BCUT2D eigenvalue weighted by Crippen LogP contribution is -2.56. The van der Waals surface area contributed by atoms with Crippen molar-refractivity contribution >= 4 is 22.6 Å². The van der Waals surface area contributed by atoms with Crippen molar-refractivity contribution in [3.8, 4) is 0 Å². The average molecular weight is 365 g/mol. The van der Waals surface area contributed by atoms with Crippen LogP contribution in [-0.2, 0) is 16.1 Å². The third-order valence-electron chi connectivity index (χ3n) is 5.74. The molecule has 142 valence electrons. The third kappa shape index (κ3) is 4.30. The first-order valence-electron chi connectivity index (χ1n) is 9.98. The molecule has 0 spiro atoms. The molecule has 0 aromatic heterocycles. The molecule has 1 atom stereocenters. The molecule has 2 amide bonds. The number of piperazine rings is 1. The van der Waals surface area contributed by atoms with Crippen LogP contribution in [0.3, 0.4) is 0 Å². The van der Waals surface area contributed by atoms with E-state index >= 15 is 0 Å². The molecular weight excluding hydrogens is 338 g/mol. The molecule has 2 aromatic carbocycles. The van der Waals surface area contributed by atoms with Crippen LogP contribution in [0.4, 0.5) is 0 Å². The smallest absolute Gasteiger partial charge is 0.237 e. The Kier molecular flexibility index (Phi) is 5.39. The van der Waals surface area contributed by atoms with Gasteiger partial charge < -0.3 is 10.6 Å². The van der Waals surface area contributed by atoms with Gasteiger partial charge in [-0.25, -0.2) is 0 Å². The summed E-state index contributed by atoms with van der Waals surface area (Å²) in [6.07, 6.45) is 4.72. The SMILES string of the molecule is O=C(C[C@H]1C(=O)NCCN1Cc1ccc2ccccc2c1)NC1CCCC1. The summed E-state index contributed by atoms with van der Waals surface area (Å²) >= 11 is 0. The monoisotopic (exact) mass is 365 g/mol. The fourth-order valence-corrected chi connectivity index (χ4v) is 4.28. The van der Waals surface area contributed by atoms with Crippen LogP contribution >= 0.6 is 0 Å². The molecule has 4 rings (SSSR count). The van der Waals surface area contributed by atoms with E-state index in [0.29, 0.717) is 13.1 Å². The molecule has 1 aliphatic carbocycles. The van der Waals surface area contributed by atoms with Gasteiger partial charge in [0.2, 0.25) is 11.8 Å². The zero-order valence-electron chi connectivity index (χ0n) is 15.6. The van der Waals surface area contributed by atoms with Gasteiger partial charge in [0.1, 0.15) is 0 Å². The number of rotatable bonds is 5. The summed E-state index contributed by atoms with van der Waals surface area (Å²) in [5, 5.41) is 8.44. The minimum Gasteiger partial charge on any atom is -0.353 e. The summed E-state index contributed by atoms with van der Waals surface area (Å²) in [6, 6.07) is 14.6. The molecule has 1 saturated carbocycles. The largest absolute Gasteiger partial charge is 0.353 e. The zero-order chi connectivity index (χ0) is 18.6. The predicted octanol–water partition coefficient (Wildman–Crippen LogP) is 2.59. The molecule has 27 heavy (non-hydrogen) atoms. The van der Waals surface area contributed by atoms with E-state index < -0.39 is 6.04 Å². The van der Waals surface area contributed by atoms with Crippen LogP contribution in [0.1, 0.15) is 37.7 Å². The fourth-order valence-electron chi connectivity index (χ4n) is 4.28. The molecule has 5 nitrogen and oxygen atoms in total. The molecule has 2 N–H and O–H groups in total. The van der Waals surface area contributed by atoms with Crippen molar-refractivity contribution in [2.75, 3.05) is 13.1 Å². The number of hydrogen-bond donors (Lipinski definition) is 2. The van der Waals surface area contributed by atoms with Crippen molar-refractivity contribution < 1.29 is 9.59 Å². The molecule has 1 aliphatic heterocycles. The molecular formula is C22H27N3O2. The van der Waals surface area contributed by atoms with Crippen molar-refractivity contribution in [1.82, 2.24) is 15.5 Å². The van der Waals surface area contributed by atoms with Gasteiger partial charge >= 0.3 is 0 Å². The first-order chi connectivity index (χ1) is 13.2. The summed E-state index contributed by atoms with van der Waals surface area (Å²) in [5.74, 6) is -0.0453. The minimum absolute atomic E-state index is 0.00698.